The summed E-state index contributed by atoms with van der Waals surface area (Å²) >= 11 is 0. The summed E-state index contributed by atoms with van der Waals surface area (Å²) in [5.41, 5.74) is -1.10. The van der Waals surface area contributed by atoms with Crippen molar-refractivity contribution in [2.45, 2.75) is 32.5 Å². The van der Waals surface area contributed by atoms with Gasteiger partial charge < -0.3 is 10.4 Å². The molecule has 1 aromatic heterocycles. The number of halogens is 3. The highest BCUT2D eigenvalue weighted by molar-refractivity contribution is 5.93. The van der Waals surface area contributed by atoms with Crippen molar-refractivity contribution in [1.29, 1.82) is 5.26 Å². The molecule has 9 heteroatoms. The number of amides is 1. The summed E-state index contributed by atoms with van der Waals surface area (Å²) in [5, 5.41) is 20.7. The number of likely N-dealkylation sites (tertiary alicyclic amines) is 1. The van der Waals surface area contributed by atoms with E-state index in [4.69, 9.17) is 5.26 Å². The second-order valence-corrected chi connectivity index (χ2v) is 5.10. The van der Waals surface area contributed by atoms with Crippen LogP contribution in [0.25, 0.3) is 0 Å². The molecule has 1 aliphatic heterocycles. The number of nitrogens with zero attached hydrogens (tertiary/aromatic N) is 3. The molecule has 2 N–H and O–H groups in total. The highest BCUT2D eigenvalue weighted by atomic mass is 19.4. The van der Waals surface area contributed by atoms with E-state index in [1.807, 2.05) is 13.8 Å². The first-order chi connectivity index (χ1) is 11.2. The quantitative estimate of drug-likeness (QED) is 0.861. The second kappa shape index (κ2) is 7.97. The zero-order valence-electron chi connectivity index (χ0n) is 13.6. The summed E-state index contributed by atoms with van der Waals surface area (Å²) in [6.07, 6.45) is -3.77. The number of aromatic hydroxyl groups is 1. The average Bonchev–Trinajstić information content (AvgIpc) is 2.91. The van der Waals surface area contributed by atoms with Crippen LogP contribution < -0.4 is 5.32 Å². The smallest absolute Gasteiger partial charge is 0.418 e. The molecule has 2 atom stereocenters. The Hall–Kier alpha value is -2.34. The van der Waals surface area contributed by atoms with Crippen molar-refractivity contribution in [2.75, 3.05) is 18.9 Å². The molecule has 0 radical (unpaired) electrons. The van der Waals surface area contributed by atoms with Gasteiger partial charge in [-0.2, -0.15) is 18.4 Å². The summed E-state index contributed by atoms with van der Waals surface area (Å²) in [7, 11) is 1.70. The van der Waals surface area contributed by atoms with Crippen LogP contribution in [0.3, 0.4) is 0 Å². The fourth-order valence-corrected chi connectivity index (χ4v) is 2.26. The maximum atomic E-state index is 12.5. The van der Waals surface area contributed by atoms with Gasteiger partial charge in [-0.1, -0.05) is 13.8 Å². The second-order valence-electron chi connectivity index (χ2n) is 5.10. The third-order valence-electron chi connectivity index (χ3n) is 3.50. The molecule has 1 fully saturated rings. The van der Waals surface area contributed by atoms with E-state index in [9.17, 15) is 23.1 Å². The first-order valence-corrected chi connectivity index (χ1v) is 7.39. The van der Waals surface area contributed by atoms with Gasteiger partial charge >= 0.3 is 6.18 Å². The molecule has 1 saturated heterocycles. The lowest BCUT2D eigenvalue weighted by atomic mass is 10.1. The Morgan fingerprint density at radius 2 is 2.12 bits per heavy atom. The minimum Gasteiger partial charge on any atom is -0.504 e. The predicted octanol–water partition coefficient (Wildman–Crippen LogP) is 2.61. The Balaban J connectivity index is 0.00000139. The van der Waals surface area contributed by atoms with Gasteiger partial charge in [0.15, 0.2) is 11.6 Å². The van der Waals surface area contributed by atoms with Crippen LogP contribution in [0.1, 0.15) is 25.8 Å². The van der Waals surface area contributed by atoms with Crippen molar-refractivity contribution in [1.82, 2.24) is 9.88 Å². The lowest BCUT2D eigenvalue weighted by Gasteiger charge is -2.13. The normalized spacial score (nSPS) is 20.7. The van der Waals surface area contributed by atoms with Crippen molar-refractivity contribution < 1.29 is 23.1 Å². The van der Waals surface area contributed by atoms with E-state index in [1.165, 1.54) is 0 Å². The lowest BCUT2D eigenvalue weighted by Crippen LogP contribution is -2.26. The van der Waals surface area contributed by atoms with Crippen LogP contribution in [0.2, 0.25) is 0 Å². The van der Waals surface area contributed by atoms with Gasteiger partial charge in [0.2, 0.25) is 5.91 Å². The van der Waals surface area contributed by atoms with Gasteiger partial charge in [0.1, 0.15) is 0 Å². The van der Waals surface area contributed by atoms with E-state index in [2.05, 4.69) is 16.4 Å². The molecule has 1 aromatic rings. The topological polar surface area (TPSA) is 89.2 Å². The van der Waals surface area contributed by atoms with Crippen LogP contribution in [0, 0.1) is 17.2 Å². The van der Waals surface area contributed by atoms with Gasteiger partial charge in [-0.15, -0.1) is 0 Å². The van der Waals surface area contributed by atoms with Gasteiger partial charge in [-0.25, -0.2) is 4.98 Å². The number of carbonyl (C=O) groups excluding carboxylic acids is 1. The largest absolute Gasteiger partial charge is 0.504 e. The molecule has 24 heavy (non-hydrogen) atoms. The SMILES string of the molecule is CC.CN1CC(C(=O)Nc2ncc(C(F)(F)F)cc2O)CC1C#N. The van der Waals surface area contributed by atoms with Crippen molar-refractivity contribution >= 4 is 11.7 Å². The standard InChI is InChI=1S/C13H13F3N4O2.C2H6/c1-20-6-7(2-9(20)4-17)12(22)19-11-10(21)3-8(5-18-11)13(14,15)16;1-2/h3,5,7,9,21H,2,6H2,1H3,(H,18,19,22);1-2H3. The third kappa shape index (κ3) is 4.58. The summed E-state index contributed by atoms with van der Waals surface area (Å²) in [6, 6.07) is 2.17. The first-order valence-electron chi connectivity index (χ1n) is 7.39. The van der Waals surface area contributed by atoms with Gasteiger partial charge in [0, 0.05) is 12.7 Å². The molecule has 1 aliphatic rings. The van der Waals surface area contributed by atoms with Gasteiger partial charge in [-0.3, -0.25) is 9.69 Å². The number of rotatable bonds is 2. The summed E-state index contributed by atoms with van der Waals surface area (Å²) in [4.78, 5) is 17.2. The minimum absolute atomic E-state index is 0.320. The van der Waals surface area contributed by atoms with Crippen LogP contribution in [-0.4, -0.2) is 40.5 Å². The van der Waals surface area contributed by atoms with Gasteiger partial charge in [-0.05, 0) is 19.5 Å². The molecular weight excluding hydrogens is 325 g/mol. The summed E-state index contributed by atoms with van der Waals surface area (Å²) in [5.74, 6) is -2.07. The van der Waals surface area contributed by atoms with Crippen molar-refractivity contribution in [2.24, 2.45) is 5.92 Å². The molecule has 1 amide bonds. The lowest BCUT2D eigenvalue weighted by molar-refractivity contribution is -0.137. The van der Waals surface area contributed by atoms with E-state index < -0.39 is 29.3 Å². The van der Waals surface area contributed by atoms with Crippen LogP contribution in [0.15, 0.2) is 12.3 Å². The number of hydrogen-bond donors (Lipinski definition) is 2. The minimum atomic E-state index is -4.62. The van der Waals surface area contributed by atoms with E-state index >= 15 is 0 Å². The predicted molar refractivity (Wildman–Crippen MR) is 81.0 cm³/mol. The number of hydrogen-bond acceptors (Lipinski definition) is 5. The molecule has 6 nitrogen and oxygen atoms in total. The van der Waals surface area contributed by atoms with Crippen molar-refractivity contribution in [3.63, 3.8) is 0 Å². The zero-order valence-corrected chi connectivity index (χ0v) is 13.6. The van der Waals surface area contributed by atoms with E-state index in [-0.39, 0.29) is 11.9 Å². The fourth-order valence-electron chi connectivity index (χ4n) is 2.26. The maximum absolute atomic E-state index is 12.5. The highest BCUT2D eigenvalue weighted by Crippen LogP contribution is 2.33. The molecule has 2 unspecified atom stereocenters. The molecule has 0 spiro atoms. The fraction of sp³-hybridized carbons (Fsp3) is 0.533. The van der Waals surface area contributed by atoms with Crippen LogP contribution in [0.5, 0.6) is 5.75 Å². The maximum Gasteiger partial charge on any atom is 0.418 e. The van der Waals surface area contributed by atoms with Crippen molar-refractivity contribution in [3.05, 3.63) is 17.8 Å². The number of alkyl halides is 3. The highest BCUT2D eigenvalue weighted by Gasteiger charge is 2.35. The van der Waals surface area contributed by atoms with Crippen molar-refractivity contribution in [3.8, 4) is 11.8 Å². The molecule has 0 bridgehead atoms. The van der Waals surface area contributed by atoms with Gasteiger partial charge in [0.05, 0.1) is 23.6 Å². The number of nitrogens with one attached hydrogen (secondary N) is 1. The number of anilines is 1. The molecule has 0 aliphatic carbocycles. The van der Waals surface area contributed by atoms with Crippen LogP contribution in [0.4, 0.5) is 19.0 Å². The van der Waals surface area contributed by atoms with Gasteiger partial charge in [0.25, 0.3) is 0 Å². The Labute approximate surface area is 137 Å². The number of carbonyl (C=O) groups is 1. The molecular formula is C15H19F3N4O2. The summed E-state index contributed by atoms with van der Waals surface area (Å²) in [6.45, 7) is 4.35. The molecule has 0 aromatic carbocycles. The number of pyridine rings is 1. The monoisotopic (exact) mass is 344 g/mol. The van der Waals surface area contributed by atoms with Crippen LogP contribution in [-0.2, 0) is 11.0 Å². The van der Waals surface area contributed by atoms with E-state index in [0.717, 1.165) is 0 Å². The zero-order chi connectivity index (χ0) is 18.5. The number of nitriles is 1. The Kier molecular flexibility index (Phi) is 6.54. The van der Waals surface area contributed by atoms with Crippen LogP contribution >= 0.6 is 0 Å². The molecule has 2 rings (SSSR count). The Bertz CT molecular complexity index is 628. The van der Waals surface area contributed by atoms with E-state index in [0.29, 0.717) is 25.2 Å². The van der Waals surface area contributed by atoms with E-state index in [1.54, 1.807) is 11.9 Å². The number of aromatic nitrogens is 1. The average molecular weight is 344 g/mol. The summed E-state index contributed by atoms with van der Waals surface area (Å²) < 4.78 is 37.4. The third-order valence-corrected chi connectivity index (χ3v) is 3.50. The first kappa shape index (κ1) is 19.7. The molecule has 0 saturated carbocycles. The Morgan fingerprint density at radius 1 is 1.50 bits per heavy atom. The Morgan fingerprint density at radius 3 is 2.58 bits per heavy atom. The molecule has 2 heterocycles. The molecule has 132 valence electrons.